The minimum atomic E-state index is -0.756. The van der Waals surface area contributed by atoms with Gasteiger partial charge in [0.2, 0.25) is 5.91 Å². The Morgan fingerprint density at radius 3 is 1.76 bits per heavy atom. The summed E-state index contributed by atoms with van der Waals surface area (Å²) in [5, 5.41) is 0. The molecule has 2 N–H and O–H groups in total. The number of nitrogens with two attached hydrogens (primary N) is 1. The van der Waals surface area contributed by atoms with Gasteiger partial charge in [0, 0.05) is 26.3 Å². The monoisotopic (exact) mass is 318 g/mol. The number of carbonyl (C=O) groups is 1. The average Bonchev–Trinajstić information content (AvgIpc) is 2.47. The van der Waals surface area contributed by atoms with Gasteiger partial charge in [-0.3, -0.25) is 4.79 Å². The molecule has 0 bridgehead atoms. The Morgan fingerprint density at radius 1 is 1.05 bits per heavy atom. The molecule has 0 aromatic carbocycles. The molecule has 0 unspecified atom stereocenters. The van der Waals surface area contributed by atoms with Crippen LogP contribution in [0.15, 0.2) is 0 Å². The van der Waals surface area contributed by atoms with Crippen molar-refractivity contribution in [3.05, 3.63) is 0 Å². The predicted molar refractivity (Wildman–Crippen MR) is 89.4 cm³/mol. The predicted octanol–water partition coefficient (Wildman–Crippen LogP) is 1.98. The summed E-state index contributed by atoms with van der Waals surface area (Å²) in [4.78, 5) is 14.9. The molecule has 0 aliphatic carbocycles. The molecule has 0 aliphatic rings. The Balaban J connectivity index is 4.98. The number of hydrogen-bond acceptors (Lipinski definition) is 4. The van der Waals surface area contributed by atoms with Crippen LogP contribution in [0.25, 0.3) is 0 Å². The van der Waals surface area contributed by atoms with E-state index in [0.29, 0.717) is 52.4 Å². The van der Waals surface area contributed by atoms with Crippen molar-refractivity contribution in [3.63, 3.8) is 0 Å². The van der Waals surface area contributed by atoms with Crippen molar-refractivity contribution in [2.24, 2.45) is 11.1 Å². The number of ether oxygens (including phenoxy) is 2. The molecule has 0 aromatic rings. The fraction of sp³-hybridized carbons (Fsp3) is 0.867. The second-order valence-corrected chi connectivity index (χ2v) is 5.28. The highest BCUT2D eigenvalue weighted by molar-refractivity contribution is 7.80. The lowest BCUT2D eigenvalue weighted by Crippen LogP contribution is -2.51. The van der Waals surface area contributed by atoms with Crippen LogP contribution in [0.3, 0.4) is 0 Å². The Morgan fingerprint density at radius 2 is 1.48 bits per heavy atom. The molecule has 5 nitrogen and oxygen atoms in total. The van der Waals surface area contributed by atoms with Gasteiger partial charge in [0.05, 0.1) is 23.6 Å². The van der Waals surface area contributed by atoms with Crippen molar-refractivity contribution in [1.82, 2.24) is 4.90 Å². The Hall–Kier alpha value is -0.720. The van der Waals surface area contributed by atoms with Gasteiger partial charge in [-0.2, -0.15) is 0 Å². The van der Waals surface area contributed by atoms with Gasteiger partial charge >= 0.3 is 0 Å². The molecule has 0 aliphatic heterocycles. The minimum absolute atomic E-state index is 0.0144. The van der Waals surface area contributed by atoms with Gasteiger partial charge in [0.15, 0.2) is 0 Å². The van der Waals surface area contributed by atoms with Crippen molar-refractivity contribution in [2.75, 3.05) is 39.5 Å². The second-order valence-electron chi connectivity index (χ2n) is 4.84. The molecule has 124 valence electrons. The van der Waals surface area contributed by atoms with Gasteiger partial charge < -0.3 is 20.1 Å². The summed E-state index contributed by atoms with van der Waals surface area (Å²) in [5.74, 6) is -0.0144. The summed E-state index contributed by atoms with van der Waals surface area (Å²) < 4.78 is 10.7. The lowest BCUT2D eigenvalue weighted by Gasteiger charge is -2.35. The fourth-order valence-corrected chi connectivity index (χ4v) is 2.64. The van der Waals surface area contributed by atoms with Crippen LogP contribution in [-0.2, 0) is 14.3 Å². The van der Waals surface area contributed by atoms with E-state index in [0.717, 1.165) is 0 Å². The molecule has 21 heavy (non-hydrogen) atoms. The Bertz CT molecular complexity index is 310. The third kappa shape index (κ3) is 5.88. The molecule has 0 saturated carbocycles. The highest BCUT2D eigenvalue weighted by atomic mass is 32.1. The zero-order valence-electron chi connectivity index (χ0n) is 13.8. The second kappa shape index (κ2) is 10.9. The number of thiocarbonyl (C=S) groups is 1. The SMILES string of the molecule is CCOCCN(CCOCC)C(=O)C(CC)(CC)C(N)=S. The van der Waals surface area contributed by atoms with Crippen LogP contribution in [0.2, 0.25) is 0 Å². The molecular weight excluding hydrogens is 288 g/mol. The van der Waals surface area contributed by atoms with E-state index in [1.54, 1.807) is 4.90 Å². The first-order chi connectivity index (χ1) is 9.99. The molecule has 0 atom stereocenters. The molecule has 0 aromatic heterocycles. The third-order valence-electron chi connectivity index (χ3n) is 3.79. The van der Waals surface area contributed by atoms with E-state index in [1.165, 1.54) is 0 Å². The van der Waals surface area contributed by atoms with Crippen LogP contribution in [0, 0.1) is 5.41 Å². The zero-order valence-corrected chi connectivity index (χ0v) is 14.6. The topological polar surface area (TPSA) is 64.8 Å². The van der Waals surface area contributed by atoms with Crippen LogP contribution >= 0.6 is 12.2 Å². The highest BCUT2D eigenvalue weighted by Crippen LogP contribution is 2.29. The van der Waals surface area contributed by atoms with E-state index in [9.17, 15) is 4.79 Å². The summed E-state index contributed by atoms with van der Waals surface area (Å²) in [7, 11) is 0. The number of nitrogens with zero attached hydrogens (tertiary/aromatic N) is 1. The third-order valence-corrected chi connectivity index (χ3v) is 4.19. The van der Waals surface area contributed by atoms with Crippen molar-refractivity contribution in [2.45, 2.75) is 40.5 Å². The van der Waals surface area contributed by atoms with Gasteiger partial charge in [-0.25, -0.2) is 0 Å². The molecule has 1 amide bonds. The molecule has 0 rings (SSSR count). The molecule has 0 fully saturated rings. The van der Waals surface area contributed by atoms with E-state index in [-0.39, 0.29) is 10.9 Å². The standard InChI is InChI=1S/C15H30N2O3S/c1-5-15(6-2,13(16)21)14(18)17(9-11-19-7-3)10-12-20-8-4/h5-12H2,1-4H3,(H2,16,21). The van der Waals surface area contributed by atoms with Crippen LogP contribution in [-0.4, -0.2) is 55.3 Å². The van der Waals surface area contributed by atoms with Crippen LogP contribution < -0.4 is 5.73 Å². The lowest BCUT2D eigenvalue weighted by atomic mass is 9.80. The lowest BCUT2D eigenvalue weighted by molar-refractivity contribution is -0.140. The van der Waals surface area contributed by atoms with Gasteiger partial charge in [0.25, 0.3) is 0 Å². The van der Waals surface area contributed by atoms with Crippen molar-refractivity contribution in [3.8, 4) is 0 Å². The molecule has 0 saturated heterocycles. The maximum atomic E-state index is 12.9. The fourth-order valence-electron chi connectivity index (χ4n) is 2.26. The smallest absolute Gasteiger partial charge is 0.235 e. The molecular formula is C15H30N2O3S. The number of rotatable bonds is 12. The largest absolute Gasteiger partial charge is 0.392 e. The van der Waals surface area contributed by atoms with Crippen LogP contribution in [0.5, 0.6) is 0 Å². The number of carbonyl (C=O) groups excluding carboxylic acids is 1. The number of amides is 1. The average molecular weight is 318 g/mol. The van der Waals surface area contributed by atoms with Crippen LogP contribution in [0.4, 0.5) is 0 Å². The molecule has 0 radical (unpaired) electrons. The Labute approximate surface area is 134 Å². The first-order valence-corrected chi connectivity index (χ1v) is 8.15. The van der Waals surface area contributed by atoms with E-state index in [1.807, 2.05) is 27.7 Å². The Kier molecular flexibility index (Phi) is 10.6. The summed E-state index contributed by atoms with van der Waals surface area (Å²) in [6, 6.07) is 0. The summed E-state index contributed by atoms with van der Waals surface area (Å²) in [5.41, 5.74) is 5.11. The molecule has 0 spiro atoms. The maximum Gasteiger partial charge on any atom is 0.235 e. The maximum absolute atomic E-state index is 12.9. The summed E-state index contributed by atoms with van der Waals surface area (Å²) in [6.07, 6.45) is 1.22. The van der Waals surface area contributed by atoms with Gasteiger partial charge in [-0.1, -0.05) is 26.1 Å². The van der Waals surface area contributed by atoms with Gasteiger partial charge in [-0.05, 0) is 26.7 Å². The van der Waals surface area contributed by atoms with E-state index in [2.05, 4.69) is 0 Å². The van der Waals surface area contributed by atoms with Gasteiger partial charge in [0.1, 0.15) is 0 Å². The van der Waals surface area contributed by atoms with Crippen molar-refractivity contribution < 1.29 is 14.3 Å². The summed E-state index contributed by atoms with van der Waals surface area (Å²) >= 11 is 5.16. The molecule has 6 heteroatoms. The highest BCUT2D eigenvalue weighted by Gasteiger charge is 2.40. The summed E-state index contributed by atoms with van der Waals surface area (Å²) in [6.45, 7) is 11.1. The normalized spacial score (nSPS) is 11.4. The quantitative estimate of drug-likeness (QED) is 0.440. The van der Waals surface area contributed by atoms with E-state index in [4.69, 9.17) is 27.4 Å². The minimum Gasteiger partial charge on any atom is -0.392 e. The van der Waals surface area contributed by atoms with Crippen molar-refractivity contribution >= 4 is 23.1 Å². The van der Waals surface area contributed by atoms with Crippen molar-refractivity contribution in [1.29, 1.82) is 0 Å². The van der Waals surface area contributed by atoms with Crippen LogP contribution in [0.1, 0.15) is 40.5 Å². The first-order valence-electron chi connectivity index (χ1n) is 7.74. The zero-order chi connectivity index (χ0) is 16.3. The van der Waals surface area contributed by atoms with E-state index >= 15 is 0 Å². The molecule has 0 heterocycles. The van der Waals surface area contributed by atoms with E-state index < -0.39 is 5.41 Å². The number of hydrogen-bond donors (Lipinski definition) is 1. The first kappa shape index (κ1) is 20.3. The van der Waals surface area contributed by atoms with Gasteiger partial charge in [-0.15, -0.1) is 0 Å².